The minimum atomic E-state index is -2.93. The summed E-state index contributed by atoms with van der Waals surface area (Å²) in [5.74, 6) is 1.69. The van der Waals surface area contributed by atoms with Gasteiger partial charge in [0.25, 0.3) is 0 Å². The van der Waals surface area contributed by atoms with Gasteiger partial charge in [-0.2, -0.15) is 5.10 Å². The highest BCUT2D eigenvalue weighted by atomic mass is 32.2. The molecule has 1 aliphatic rings. The fourth-order valence-electron chi connectivity index (χ4n) is 3.36. The number of hydrogen-bond acceptors (Lipinski definition) is 6. The quantitative estimate of drug-likeness (QED) is 0.698. The Morgan fingerprint density at radius 1 is 1.35 bits per heavy atom. The molecule has 0 aliphatic carbocycles. The normalized spacial score (nSPS) is 19.5. The predicted octanol–water partition coefficient (Wildman–Crippen LogP) is 2.12. The first-order valence-electron chi connectivity index (χ1n) is 8.75. The zero-order chi connectivity index (χ0) is 18.9. The van der Waals surface area contributed by atoms with E-state index in [1.165, 1.54) is 0 Å². The summed E-state index contributed by atoms with van der Waals surface area (Å²) in [5.41, 5.74) is 0.950. The van der Waals surface area contributed by atoms with Crippen LogP contribution in [-0.4, -0.2) is 56.7 Å². The number of hydrogen-bond donors (Lipinski definition) is 0. The number of sulfone groups is 1. The Bertz CT molecular complexity index is 918. The van der Waals surface area contributed by atoms with Gasteiger partial charge in [-0.15, -0.1) is 0 Å². The van der Waals surface area contributed by atoms with Crippen molar-refractivity contribution in [2.24, 2.45) is 13.0 Å². The first-order valence-corrected chi connectivity index (χ1v) is 11.0. The molecule has 2 aromatic heterocycles. The van der Waals surface area contributed by atoms with Crippen LogP contribution in [0.2, 0.25) is 0 Å². The molecular weight excluding hydrogens is 370 g/mol. The molecule has 1 aliphatic heterocycles. The van der Waals surface area contributed by atoms with Crippen LogP contribution in [0.3, 0.4) is 0 Å². The second kappa shape index (κ2) is 7.58. The second-order valence-electron chi connectivity index (χ2n) is 7.26. The fourth-order valence-corrected chi connectivity index (χ4v) is 5.31. The second-order valence-corrected chi connectivity index (χ2v) is 9.86. The monoisotopic (exact) mass is 395 g/mol. The summed E-state index contributed by atoms with van der Waals surface area (Å²) < 4.78 is 28.1. The van der Waals surface area contributed by atoms with Gasteiger partial charge in [0, 0.05) is 37.6 Å². The highest BCUT2D eigenvalue weighted by Crippen LogP contribution is 2.21. The first-order chi connectivity index (χ1) is 12.3. The Balaban J connectivity index is 1.89. The summed E-state index contributed by atoms with van der Waals surface area (Å²) >= 11 is 5.57. The summed E-state index contributed by atoms with van der Waals surface area (Å²) in [7, 11) is -1.04. The molecule has 1 atom stereocenters. The molecule has 1 unspecified atom stereocenters. The molecule has 9 heteroatoms. The fraction of sp³-hybridized carbons (Fsp3) is 0.588. The van der Waals surface area contributed by atoms with E-state index in [9.17, 15) is 8.42 Å². The molecule has 2 aromatic rings. The maximum absolute atomic E-state index is 11.9. The van der Waals surface area contributed by atoms with Crippen LogP contribution in [0.1, 0.15) is 20.3 Å². The Kier molecular flexibility index (Phi) is 5.59. The molecule has 3 heterocycles. The summed E-state index contributed by atoms with van der Waals surface area (Å²) in [4.78, 5) is 6.24. The van der Waals surface area contributed by atoms with Crippen molar-refractivity contribution in [3.05, 3.63) is 29.3 Å². The molecule has 0 amide bonds. The molecule has 0 bridgehead atoms. The lowest BCUT2D eigenvalue weighted by atomic mass is 10.1. The van der Waals surface area contributed by atoms with E-state index < -0.39 is 9.84 Å². The third kappa shape index (κ3) is 4.21. The molecule has 7 nitrogen and oxygen atoms in total. The average Bonchev–Trinajstić information content (AvgIpc) is 3.09. The van der Waals surface area contributed by atoms with Gasteiger partial charge in [-0.05, 0) is 36.7 Å². The van der Waals surface area contributed by atoms with E-state index >= 15 is 0 Å². The van der Waals surface area contributed by atoms with E-state index in [1.54, 1.807) is 17.1 Å². The number of nitrogens with zero attached hydrogens (tertiary/aromatic N) is 5. The van der Waals surface area contributed by atoms with E-state index in [0.717, 1.165) is 17.9 Å². The largest absolute Gasteiger partial charge is 0.303 e. The molecule has 142 valence electrons. The Morgan fingerprint density at radius 2 is 2.04 bits per heavy atom. The lowest BCUT2D eigenvalue weighted by Crippen LogP contribution is -2.40. The Labute approximate surface area is 159 Å². The van der Waals surface area contributed by atoms with Crippen molar-refractivity contribution < 1.29 is 8.42 Å². The van der Waals surface area contributed by atoms with Crippen LogP contribution in [0.4, 0.5) is 0 Å². The smallest absolute Gasteiger partial charge is 0.199 e. The number of rotatable bonds is 6. The standard InChI is InChI=1S/C17H25N5O2S2/c1-13(2)10-21(15-6-9-26(23,24)11-15)12-22-17(25)20(3)16(19-22)14-4-7-18-8-5-14/h4-5,7-8,13,15H,6,9-12H2,1-3H3. The Hall–Kier alpha value is -1.58. The molecular formula is C17H25N5O2S2. The van der Waals surface area contributed by atoms with Crippen molar-refractivity contribution in [2.75, 3.05) is 18.1 Å². The van der Waals surface area contributed by atoms with Crippen molar-refractivity contribution in [2.45, 2.75) is 33.0 Å². The van der Waals surface area contributed by atoms with Gasteiger partial charge in [-0.3, -0.25) is 9.88 Å². The third-order valence-electron chi connectivity index (χ3n) is 4.62. The van der Waals surface area contributed by atoms with Crippen LogP contribution in [-0.2, 0) is 23.6 Å². The Morgan fingerprint density at radius 3 is 2.62 bits per heavy atom. The lowest BCUT2D eigenvalue weighted by molar-refractivity contribution is 0.137. The van der Waals surface area contributed by atoms with Gasteiger partial charge in [0.05, 0.1) is 18.2 Å². The van der Waals surface area contributed by atoms with Gasteiger partial charge in [-0.1, -0.05) is 13.8 Å². The van der Waals surface area contributed by atoms with Gasteiger partial charge < -0.3 is 4.57 Å². The van der Waals surface area contributed by atoms with E-state index in [2.05, 4.69) is 23.7 Å². The maximum Gasteiger partial charge on any atom is 0.199 e. The molecule has 0 radical (unpaired) electrons. The van der Waals surface area contributed by atoms with Gasteiger partial charge in [0.15, 0.2) is 20.4 Å². The minimum absolute atomic E-state index is 0.0238. The van der Waals surface area contributed by atoms with Gasteiger partial charge >= 0.3 is 0 Å². The molecule has 1 saturated heterocycles. The van der Waals surface area contributed by atoms with Crippen molar-refractivity contribution in [1.82, 2.24) is 24.2 Å². The zero-order valence-electron chi connectivity index (χ0n) is 15.4. The molecule has 26 heavy (non-hydrogen) atoms. The van der Waals surface area contributed by atoms with Crippen LogP contribution in [0.5, 0.6) is 0 Å². The highest BCUT2D eigenvalue weighted by molar-refractivity contribution is 7.91. The van der Waals surface area contributed by atoms with Crippen LogP contribution < -0.4 is 0 Å². The van der Waals surface area contributed by atoms with Gasteiger partial charge in [0.2, 0.25) is 0 Å². The summed E-state index contributed by atoms with van der Waals surface area (Å²) in [6.45, 7) is 5.58. The zero-order valence-corrected chi connectivity index (χ0v) is 17.0. The van der Waals surface area contributed by atoms with Gasteiger partial charge in [0.1, 0.15) is 0 Å². The van der Waals surface area contributed by atoms with Crippen molar-refractivity contribution >= 4 is 22.1 Å². The van der Waals surface area contributed by atoms with Crippen LogP contribution in [0.25, 0.3) is 11.4 Å². The van der Waals surface area contributed by atoms with E-state index in [0.29, 0.717) is 23.8 Å². The predicted molar refractivity (Wildman–Crippen MR) is 104 cm³/mol. The van der Waals surface area contributed by atoms with Crippen LogP contribution in [0.15, 0.2) is 24.5 Å². The van der Waals surface area contributed by atoms with Crippen molar-refractivity contribution in [3.8, 4) is 11.4 Å². The topological polar surface area (TPSA) is 73.0 Å². The lowest BCUT2D eigenvalue weighted by Gasteiger charge is -2.29. The molecule has 3 rings (SSSR count). The summed E-state index contributed by atoms with van der Waals surface area (Å²) in [6, 6.07) is 3.82. The van der Waals surface area contributed by atoms with E-state index in [-0.39, 0.29) is 17.5 Å². The van der Waals surface area contributed by atoms with Gasteiger partial charge in [-0.25, -0.2) is 13.1 Å². The maximum atomic E-state index is 11.9. The van der Waals surface area contributed by atoms with Crippen LogP contribution in [0, 0.1) is 10.7 Å². The molecule has 0 N–H and O–H groups in total. The van der Waals surface area contributed by atoms with Crippen LogP contribution >= 0.6 is 12.2 Å². The summed E-state index contributed by atoms with van der Waals surface area (Å²) in [6.07, 6.45) is 4.13. The highest BCUT2D eigenvalue weighted by Gasteiger charge is 2.33. The number of pyridine rings is 1. The molecule has 0 spiro atoms. The molecule has 0 saturated carbocycles. The number of aromatic nitrogens is 4. The molecule has 1 fully saturated rings. The minimum Gasteiger partial charge on any atom is -0.303 e. The van der Waals surface area contributed by atoms with E-state index in [1.807, 2.05) is 23.7 Å². The molecule has 0 aromatic carbocycles. The third-order valence-corrected chi connectivity index (χ3v) is 6.85. The average molecular weight is 396 g/mol. The SMILES string of the molecule is CC(C)CN(Cn1nc(-c2ccncc2)n(C)c1=S)C1CCS(=O)(=O)C1. The first kappa shape index (κ1) is 19.2. The van der Waals surface area contributed by atoms with Crippen molar-refractivity contribution in [3.63, 3.8) is 0 Å². The van der Waals surface area contributed by atoms with Crippen molar-refractivity contribution in [1.29, 1.82) is 0 Å². The van der Waals surface area contributed by atoms with E-state index in [4.69, 9.17) is 17.3 Å². The summed E-state index contributed by atoms with van der Waals surface area (Å²) in [5, 5.41) is 4.69.